The highest BCUT2D eigenvalue weighted by Crippen LogP contribution is 2.14. The number of sulfonamides is 1. The van der Waals surface area contributed by atoms with E-state index in [9.17, 15) is 17.6 Å². The van der Waals surface area contributed by atoms with E-state index in [0.717, 1.165) is 5.56 Å². The third-order valence-electron chi connectivity index (χ3n) is 3.90. The van der Waals surface area contributed by atoms with Gasteiger partial charge in [-0.15, -0.1) is 0 Å². The molecular formula is C15H21FN2O3S. The van der Waals surface area contributed by atoms with Gasteiger partial charge in [0.25, 0.3) is 0 Å². The molecule has 1 aliphatic rings. The molecule has 5 nitrogen and oxygen atoms in total. The first kappa shape index (κ1) is 16.9. The molecule has 22 heavy (non-hydrogen) atoms. The summed E-state index contributed by atoms with van der Waals surface area (Å²) in [6.45, 7) is 3.36. The Balaban J connectivity index is 1.90. The minimum absolute atomic E-state index is 0.0116. The van der Waals surface area contributed by atoms with Crippen LogP contribution in [0.3, 0.4) is 0 Å². The van der Waals surface area contributed by atoms with Gasteiger partial charge in [0.1, 0.15) is 5.82 Å². The maximum absolute atomic E-state index is 12.9. The van der Waals surface area contributed by atoms with Crippen molar-refractivity contribution in [2.75, 3.05) is 32.4 Å². The lowest BCUT2D eigenvalue weighted by Gasteiger charge is -2.34. The number of rotatable bonds is 4. The molecule has 1 aromatic rings. The van der Waals surface area contributed by atoms with Crippen LogP contribution in [0.1, 0.15) is 12.5 Å². The van der Waals surface area contributed by atoms with Gasteiger partial charge in [-0.2, -0.15) is 4.31 Å². The lowest BCUT2D eigenvalue weighted by molar-refractivity contribution is -0.136. The average molecular weight is 328 g/mol. The van der Waals surface area contributed by atoms with Gasteiger partial charge in [-0.05, 0) is 24.1 Å². The van der Waals surface area contributed by atoms with Crippen LogP contribution in [0.25, 0.3) is 0 Å². The molecule has 1 unspecified atom stereocenters. The van der Waals surface area contributed by atoms with E-state index < -0.39 is 10.0 Å². The Bertz CT molecular complexity index is 623. The summed E-state index contributed by atoms with van der Waals surface area (Å²) in [4.78, 5) is 14.1. The van der Waals surface area contributed by atoms with Crippen LogP contribution in [0, 0.1) is 11.7 Å². The fourth-order valence-electron chi connectivity index (χ4n) is 2.61. The number of hydrogen-bond acceptors (Lipinski definition) is 3. The summed E-state index contributed by atoms with van der Waals surface area (Å²) in [7, 11) is -3.19. The molecule has 1 aliphatic heterocycles. The third-order valence-corrected chi connectivity index (χ3v) is 5.20. The number of carbonyl (C=O) groups excluding carboxylic acids is 1. The number of benzene rings is 1. The molecule has 2 rings (SSSR count). The van der Waals surface area contributed by atoms with Crippen molar-refractivity contribution in [3.8, 4) is 0 Å². The molecule has 0 radical (unpaired) electrons. The normalized spacial score (nSPS) is 18.2. The monoisotopic (exact) mass is 328 g/mol. The molecule has 0 N–H and O–H groups in total. The Morgan fingerprint density at radius 2 is 1.73 bits per heavy atom. The summed E-state index contributed by atoms with van der Waals surface area (Å²) < 4.78 is 37.2. The van der Waals surface area contributed by atoms with Crippen molar-refractivity contribution in [1.29, 1.82) is 0 Å². The summed E-state index contributed by atoms with van der Waals surface area (Å²) in [6, 6.07) is 6.14. The van der Waals surface area contributed by atoms with E-state index >= 15 is 0 Å². The fourth-order valence-corrected chi connectivity index (χ4v) is 3.44. The highest BCUT2D eigenvalue weighted by Gasteiger charge is 2.28. The van der Waals surface area contributed by atoms with Crippen molar-refractivity contribution in [2.45, 2.75) is 13.3 Å². The zero-order valence-corrected chi connectivity index (χ0v) is 13.6. The van der Waals surface area contributed by atoms with Gasteiger partial charge in [0.05, 0.1) is 6.26 Å². The van der Waals surface area contributed by atoms with Gasteiger partial charge in [0, 0.05) is 32.1 Å². The number of amides is 1. The van der Waals surface area contributed by atoms with Crippen LogP contribution in [-0.4, -0.2) is 56.0 Å². The third kappa shape index (κ3) is 4.27. The van der Waals surface area contributed by atoms with E-state index in [1.807, 2.05) is 6.92 Å². The lowest BCUT2D eigenvalue weighted by atomic mass is 9.99. The standard InChI is InChI=1S/C15H21FN2O3S/c1-12(11-13-3-5-14(16)6-4-13)15(19)17-7-9-18(10-8-17)22(2,20)21/h3-6,12H,7-11H2,1-2H3. The molecular weight excluding hydrogens is 307 g/mol. The van der Waals surface area contributed by atoms with Crippen molar-refractivity contribution < 1.29 is 17.6 Å². The first-order chi connectivity index (χ1) is 10.3. The van der Waals surface area contributed by atoms with E-state index in [1.165, 1.54) is 22.7 Å². The van der Waals surface area contributed by atoms with Crippen molar-refractivity contribution >= 4 is 15.9 Å². The predicted octanol–water partition coefficient (Wildman–Crippen LogP) is 1.11. The van der Waals surface area contributed by atoms with Gasteiger partial charge < -0.3 is 4.90 Å². The van der Waals surface area contributed by atoms with Crippen LogP contribution >= 0.6 is 0 Å². The number of halogens is 1. The smallest absolute Gasteiger partial charge is 0.225 e. The maximum Gasteiger partial charge on any atom is 0.225 e. The molecule has 7 heteroatoms. The first-order valence-corrected chi connectivity index (χ1v) is 9.10. The molecule has 0 spiro atoms. The zero-order valence-electron chi connectivity index (χ0n) is 12.8. The second-order valence-electron chi connectivity index (χ2n) is 5.72. The van der Waals surface area contributed by atoms with Crippen LogP contribution in [0.5, 0.6) is 0 Å². The van der Waals surface area contributed by atoms with Crippen LogP contribution in [0.2, 0.25) is 0 Å². The minimum Gasteiger partial charge on any atom is -0.340 e. The molecule has 1 saturated heterocycles. The molecule has 0 bridgehead atoms. The second-order valence-corrected chi connectivity index (χ2v) is 7.70. The largest absolute Gasteiger partial charge is 0.340 e. The number of hydrogen-bond donors (Lipinski definition) is 0. The van der Waals surface area contributed by atoms with Gasteiger partial charge in [-0.3, -0.25) is 4.79 Å². The summed E-state index contributed by atoms with van der Waals surface area (Å²) >= 11 is 0. The Labute approximate surface area is 130 Å². The molecule has 0 saturated carbocycles. The van der Waals surface area contributed by atoms with Crippen molar-refractivity contribution in [3.05, 3.63) is 35.6 Å². The highest BCUT2D eigenvalue weighted by molar-refractivity contribution is 7.88. The summed E-state index contributed by atoms with van der Waals surface area (Å²) in [6.07, 6.45) is 1.73. The van der Waals surface area contributed by atoms with Gasteiger partial charge >= 0.3 is 0 Å². The van der Waals surface area contributed by atoms with Crippen LogP contribution in [0.4, 0.5) is 4.39 Å². The van der Waals surface area contributed by atoms with Gasteiger partial charge in [0.15, 0.2) is 0 Å². The fraction of sp³-hybridized carbons (Fsp3) is 0.533. The van der Waals surface area contributed by atoms with Gasteiger partial charge in [-0.25, -0.2) is 12.8 Å². The number of carbonyl (C=O) groups is 1. The molecule has 0 aromatic heterocycles. The summed E-state index contributed by atoms with van der Waals surface area (Å²) in [5.41, 5.74) is 0.914. The zero-order chi connectivity index (χ0) is 16.3. The number of nitrogens with zero attached hydrogens (tertiary/aromatic N) is 2. The first-order valence-electron chi connectivity index (χ1n) is 7.25. The van der Waals surface area contributed by atoms with E-state index in [0.29, 0.717) is 32.6 Å². The lowest BCUT2D eigenvalue weighted by Crippen LogP contribution is -2.51. The van der Waals surface area contributed by atoms with E-state index in [4.69, 9.17) is 0 Å². The second kappa shape index (κ2) is 6.75. The van der Waals surface area contributed by atoms with E-state index in [2.05, 4.69) is 0 Å². The van der Waals surface area contributed by atoms with Crippen LogP contribution in [0.15, 0.2) is 24.3 Å². The molecule has 1 fully saturated rings. The molecule has 1 aromatic carbocycles. The van der Waals surface area contributed by atoms with Gasteiger partial charge in [0.2, 0.25) is 15.9 Å². The van der Waals surface area contributed by atoms with Crippen molar-refractivity contribution in [1.82, 2.24) is 9.21 Å². The van der Waals surface area contributed by atoms with Gasteiger partial charge in [-0.1, -0.05) is 19.1 Å². The van der Waals surface area contributed by atoms with Crippen LogP contribution < -0.4 is 0 Å². The van der Waals surface area contributed by atoms with Crippen molar-refractivity contribution in [2.24, 2.45) is 5.92 Å². The van der Waals surface area contributed by atoms with E-state index in [-0.39, 0.29) is 17.6 Å². The molecule has 122 valence electrons. The average Bonchev–Trinajstić information content (AvgIpc) is 2.48. The summed E-state index contributed by atoms with van der Waals surface area (Å²) in [5, 5.41) is 0. The Kier molecular flexibility index (Phi) is 5.18. The Morgan fingerprint density at radius 3 is 2.23 bits per heavy atom. The maximum atomic E-state index is 12.9. The van der Waals surface area contributed by atoms with Crippen molar-refractivity contribution in [3.63, 3.8) is 0 Å². The van der Waals surface area contributed by atoms with Crippen LogP contribution in [-0.2, 0) is 21.2 Å². The minimum atomic E-state index is -3.19. The summed E-state index contributed by atoms with van der Waals surface area (Å²) in [5.74, 6) is -0.493. The molecule has 1 amide bonds. The predicted molar refractivity (Wildman–Crippen MR) is 82.3 cm³/mol. The molecule has 0 aliphatic carbocycles. The topological polar surface area (TPSA) is 57.7 Å². The molecule has 1 heterocycles. The Hall–Kier alpha value is -1.47. The number of piperazine rings is 1. The molecule has 1 atom stereocenters. The van der Waals surface area contributed by atoms with E-state index in [1.54, 1.807) is 17.0 Å². The SMILES string of the molecule is CC(Cc1ccc(F)cc1)C(=O)N1CCN(S(C)(=O)=O)CC1. The highest BCUT2D eigenvalue weighted by atomic mass is 32.2. The Morgan fingerprint density at radius 1 is 1.18 bits per heavy atom. The quantitative estimate of drug-likeness (QED) is 0.832.